The molecule has 2 N–H and O–H groups in total. The fraction of sp³-hybridized carbons (Fsp3) is 0.333. The van der Waals surface area contributed by atoms with Gasteiger partial charge in [0.25, 0.3) is 6.43 Å². The first-order valence-corrected chi connectivity index (χ1v) is 4.14. The van der Waals surface area contributed by atoms with E-state index in [9.17, 15) is 18.4 Å². The molecule has 0 aliphatic carbocycles. The molecule has 1 aromatic heterocycles. The summed E-state index contributed by atoms with van der Waals surface area (Å²) in [6.45, 7) is 1.32. The molecule has 0 saturated carbocycles. The van der Waals surface area contributed by atoms with Crippen molar-refractivity contribution in [1.29, 1.82) is 0 Å². The van der Waals surface area contributed by atoms with E-state index < -0.39 is 23.4 Å². The Balaban J connectivity index is 3.22. The van der Waals surface area contributed by atoms with Crippen molar-refractivity contribution in [2.45, 2.75) is 19.8 Å². The van der Waals surface area contributed by atoms with Gasteiger partial charge in [-0.3, -0.25) is 9.59 Å². The number of hydrogen-bond donors (Lipinski definition) is 2. The van der Waals surface area contributed by atoms with Crippen molar-refractivity contribution in [1.82, 2.24) is 4.98 Å². The highest BCUT2D eigenvalue weighted by molar-refractivity contribution is 5.70. The Hall–Kier alpha value is -1.72. The molecule has 1 rings (SSSR count). The van der Waals surface area contributed by atoms with E-state index in [0.29, 0.717) is 0 Å². The number of aliphatic carboxylic acids is 1. The van der Waals surface area contributed by atoms with Gasteiger partial charge in [0.2, 0.25) is 0 Å². The van der Waals surface area contributed by atoms with Crippen molar-refractivity contribution in [3.05, 3.63) is 33.2 Å². The molecule has 0 aliphatic heterocycles. The molecule has 1 heterocycles. The molecule has 6 heteroatoms. The molecule has 0 unspecified atom stereocenters. The molecular formula is C9H9F2NO3. The Labute approximate surface area is 83.6 Å². The summed E-state index contributed by atoms with van der Waals surface area (Å²) >= 11 is 0. The quantitative estimate of drug-likeness (QED) is 0.800. The van der Waals surface area contributed by atoms with E-state index in [-0.39, 0.29) is 17.7 Å². The smallest absolute Gasteiger partial charge is 0.309 e. The highest BCUT2D eigenvalue weighted by Gasteiger charge is 2.16. The molecule has 4 nitrogen and oxygen atoms in total. The maximum atomic E-state index is 12.3. The standard InChI is InChI=1S/C9H9F2NO3/c1-4-6(2-7(13)14)12-3-5(8(4)15)9(10)11/h3,9H,2H2,1H3,(H,12,15)(H,13,14). The summed E-state index contributed by atoms with van der Waals surface area (Å²) in [6, 6.07) is 0. The van der Waals surface area contributed by atoms with Gasteiger partial charge in [0.15, 0.2) is 5.43 Å². The van der Waals surface area contributed by atoms with Crippen LogP contribution >= 0.6 is 0 Å². The first kappa shape index (κ1) is 11.4. The summed E-state index contributed by atoms with van der Waals surface area (Å²) in [5, 5.41) is 8.49. The molecule has 0 atom stereocenters. The first-order valence-electron chi connectivity index (χ1n) is 4.14. The number of pyridine rings is 1. The number of carboxylic acids is 1. The van der Waals surface area contributed by atoms with Gasteiger partial charge < -0.3 is 10.1 Å². The van der Waals surface area contributed by atoms with Gasteiger partial charge in [0, 0.05) is 17.5 Å². The number of halogens is 2. The third-order valence-corrected chi connectivity index (χ3v) is 2.02. The summed E-state index contributed by atoms with van der Waals surface area (Å²) in [5.74, 6) is -1.13. The van der Waals surface area contributed by atoms with Gasteiger partial charge in [-0.1, -0.05) is 0 Å². The topological polar surface area (TPSA) is 70.2 Å². The molecule has 0 saturated heterocycles. The zero-order chi connectivity index (χ0) is 11.6. The SMILES string of the molecule is Cc1c(CC(=O)O)[nH]cc(C(F)F)c1=O. The molecule has 0 fully saturated rings. The van der Waals surface area contributed by atoms with Crippen LogP contribution in [0.2, 0.25) is 0 Å². The van der Waals surface area contributed by atoms with Crippen molar-refractivity contribution in [3.63, 3.8) is 0 Å². The van der Waals surface area contributed by atoms with Crippen molar-refractivity contribution in [3.8, 4) is 0 Å². The molecule has 0 aliphatic rings. The third kappa shape index (κ3) is 2.39. The highest BCUT2D eigenvalue weighted by Crippen LogP contribution is 2.15. The summed E-state index contributed by atoms with van der Waals surface area (Å²) in [4.78, 5) is 24.1. The van der Waals surface area contributed by atoms with Crippen LogP contribution in [0.3, 0.4) is 0 Å². The molecule has 0 amide bonds. The van der Waals surface area contributed by atoms with Crippen LogP contribution in [0.15, 0.2) is 11.0 Å². The Morgan fingerprint density at radius 3 is 2.67 bits per heavy atom. The molecule has 1 aromatic rings. The van der Waals surface area contributed by atoms with E-state index >= 15 is 0 Å². The predicted molar refractivity (Wildman–Crippen MR) is 48.1 cm³/mol. The number of nitrogens with one attached hydrogen (secondary N) is 1. The van der Waals surface area contributed by atoms with Crippen molar-refractivity contribution in [2.75, 3.05) is 0 Å². The molecule has 0 aromatic carbocycles. The number of H-pyrrole nitrogens is 1. The van der Waals surface area contributed by atoms with Crippen LogP contribution in [0, 0.1) is 6.92 Å². The van der Waals surface area contributed by atoms with Crippen LogP contribution in [0.5, 0.6) is 0 Å². The van der Waals surface area contributed by atoms with Crippen LogP contribution in [0.1, 0.15) is 23.2 Å². The second-order valence-corrected chi connectivity index (χ2v) is 3.05. The Morgan fingerprint density at radius 2 is 2.20 bits per heavy atom. The van der Waals surface area contributed by atoms with E-state index in [1.165, 1.54) is 6.92 Å². The average molecular weight is 217 g/mol. The lowest BCUT2D eigenvalue weighted by Crippen LogP contribution is -2.18. The van der Waals surface area contributed by atoms with E-state index in [0.717, 1.165) is 6.20 Å². The van der Waals surface area contributed by atoms with Crippen molar-refractivity contribution >= 4 is 5.97 Å². The highest BCUT2D eigenvalue weighted by atomic mass is 19.3. The lowest BCUT2D eigenvalue weighted by Gasteiger charge is -2.05. The summed E-state index contributed by atoms with van der Waals surface area (Å²) in [6.07, 6.45) is -2.38. The summed E-state index contributed by atoms with van der Waals surface area (Å²) in [5.41, 5.74) is -1.27. The van der Waals surface area contributed by atoms with Gasteiger partial charge in [-0.15, -0.1) is 0 Å². The minimum absolute atomic E-state index is 0.0233. The Morgan fingerprint density at radius 1 is 1.60 bits per heavy atom. The molecule has 15 heavy (non-hydrogen) atoms. The Bertz CT molecular complexity index is 439. The van der Waals surface area contributed by atoms with Gasteiger partial charge in [0.1, 0.15) is 0 Å². The second kappa shape index (κ2) is 4.20. The molecule has 0 spiro atoms. The summed E-state index contributed by atoms with van der Waals surface area (Å²) in [7, 11) is 0. The minimum Gasteiger partial charge on any atom is -0.481 e. The number of alkyl halides is 2. The Kier molecular flexibility index (Phi) is 3.18. The van der Waals surface area contributed by atoms with E-state index in [2.05, 4.69) is 4.98 Å². The van der Waals surface area contributed by atoms with Gasteiger partial charge >= 0.3 is 5.97 Å². The third-order valence-electron chi connectivity index (χ3n) is 2.02. The summed E-state index contributed by atoms with van der Waals surface area (Å²) < 4.78 is 24.5. The zero-order valence-electron chi connectivity index (χ0n) is 7.88. The lowest BCUT2D eigenvalue weighted by atomic mass is 10.1. The fourth-order valence-corrected chi connectivity index (χ4v) is 1.19. The number of carbonyl (C=O) groups is 1. The first-order chi connectivity index (χ1) is 6.93. The molecule has 0 radical (unpaired) electrons. The van der Waals surface area contributed by atoms with E-state index in [4.69, 9.17) is 5.11 Å². The average Bonchev–Trinajstić information content (AvgIpc) is 2.12. The fourth-order valence-electron chi connectivity index (χ4n) is 1.19. The number of rotatable bonds is 3. The van der Waals surface area contributed by atoms with Crippen molar-refractivity contribution in [2.24, 2.45) is 0 Å². The van der Waals surface area contributed by atoms with Crippen molar-refractivity contribution < 1.29 is 18.7 Å². The van der Waals surface area contributed by atoms with Crippen LogP contribution < -0.4 is 5.43 Å². The number of carboxylic acid groups (broad SMARTS) is 1. The molecule has 0 bridgehead atoms. The molecular weight excluding hydrogens is 208 g/mol. The van der Waals surface area contributed by atoms with Crippen LogP contribution in [-0.4, -0.2) is 16.1 Å². The normalized spacial score (nSPS) is 10.7. The second-order valence-electron chi connectivity index (χ2n) is 3.05. The monoisotopic (exact) mass is 217 g/mol. The van der Waals surface area contributed by atoms with Gasteiger partial charge in [0.05, 0.1) is 12.0 Å². The van der Waals surface area contributed by atoms with Crippen LogP contribution in [-0.2, 0) is 11.2 Å². The molecule has 82 valence electrons. The minimum atomic E-state index is -2.86. The van der Waals surface area contributed by atoms with Gasteiger partial charge in [-0.05, 0) is 6.92 Å². The van der Waals surface area contributed by atoms with Gasteiger partial charge in [-0.25, -0.2) is 8.78 Å². The number of aromatic amines is 1. The van der Waals surface area contributed by atoms with E-state index in [1.807, 2.05) is 0 Å². The largest absolute Gasteiger partial charge is 0.481 e. The maximum absolute atomic E-state index is 12.3. The maximum Gasteiger partial charge on any atom is 0.309 e. The van der Waals surface area contributed by atoms with Crippen LogP contribution in [0.25, 0.3) is 0 Å². The zero-order valence-corrected chi connectivity index (χ0v) is 7.88. The number of hydrogen-bond acceptors (Lipinski definition) is 2. The lowest BCUT2D eigenvalue weighted by molar-refractivity contribution is -0.136. The predicted octanol–water partition coefficient (Wildman–Crippen LogP) is 1.25. The van der Waals surface area contributed by atoms with Crippen LogP contribution in [0.4, 0.5) is 8.78 Å². The van der Waals surface area contributed by atoms with E-state index in [1.54, 1.807) is 0 Å². The number of aromatic nitrogens is 1. The van der Waals surface area contributed by atoms with Gasteiger partial charge in [-0.2, -0.15) is 0 Å².